The number of carbonyl (C=O) groups is 1. The zero-order valence-corrected chi connectivity index (χ0v) is 9.58. The van der Waals surface area contributed by atoms with Gasteiger partial charge in [0, 0.05) is 11.1 Å². The second kappa shape index (κ2) is 4.29. The van der Waals surface area contributed by atoms with Crippen LogP contribution in [0.15, 0.2) is 47.6 Å². The highest BCUT2D eigenvalue weighted by Crippen LogP contribution is 2.25. The fourth-order valence-electron chi connectivity index (χ4n) is 1.97. The largest absolute Gasteiger partial charge is 0.359 e. The molecule has 5 heteroatoms. The molecule has 0 atom stereocenters. The average Bonchev–Trinajstić information content (AvgIpc) is 2.25. The summed E-state index contributed by atoms with van der Waals surface area (Å²) < 4.78 is 0. The van der Waals surface area contributed by atoms with Crippen molar-refractivity contribution < 1.29 is 25.2 Å². The molecule has 0 amide bonds. The van der Waals surface area contributed by atoms with Gasteiger partial charge in [-0.3, -0.25) is 4.79 Å². The summed E-state index contributed by atoms with van der Waals surface area (Å²) in [6.07, 6.45) is 8.02. The number of ketones is 1. The van der Waals surface area contributed by atoms with Crippen LogP contribution in [0.3, 0.4) is 0 Å². The lowest BCUT2D eigenvalue weighted by Gasteiger charge is -2.22. The summed E-state index contributed by atoms with van der Waals surface area (Å²) >= 11 is 0. The molecule has 18 heavy (non-hydrogen) atoms. The van der Waals surface area contributed by atoms with Crippen molar-refractivity contribution >= 4 is 5.78 Å². The highest BCUT2D eigenvalue weighted by molar-refractivity contribution is 6.09. The lowest BCUT2D eigenvalue weighted by molar-refractivity contribution is -0.114. The molecule has 2 aliphatic rings. The van der Waals surface area contributed by atoms with Crippen molar-refractivity contribution in [3.05, 3.63) is 47.6 Å². The lowest BCUT2D eigenvalue weighted by Crippen LogP contribution is -2.28. The maximum absolute atomic E-state index is 12.1. The predicted octanol–water partition coefficient (Wildman–Crippen LogP) is -0.310. The van der Waals surface area contributed by atoms with Gasteiger partial charge in [0.25, 0.3) is 0 Å². The van der Waals surface area contributed by atoms with Crippen LogP contribution in [0.2, 0.25) is 0 Å². The summed E-state index contributed by atoms with van der Waals surface area (Å²) in [5.41, 5.74) is 0.444. The van der Waals surface area contributed by atoms with E-state index in [9.17, 15) is 25.2 Å². The Morgan fingerprint density at radius 3 is 1.61 bits per heavy atom. The fourth-order valence-corrected chi connectivity index (χ4v) is 1.97. The van der Waals surface area contributed by atoms with E-state index in [2.05, 4.69) is 0 Å². The second-order valence-corrected chi connectivity index (χ2v) is 4.45. The van der Waals surface area contributed by atoms with Gasteiger partial charge in [0.2, 0.25) is 11.6 Å². The molecular formula is C13H14O5. The van der Waals surface area contributed by atoms with Crippen molar-refractivity contribution in [2.75, 3.05) is 0 Å². The van der Waals surface area contributed by atoms with Crippen LogP contribution < -0.4 is 0 Å². The Balaban J connectivity index is 2.24. The number of Topliss-reactive ketones (excluding diaryl/α,β-unsaturated/α-hetero) is 1. The molecule has 0 heterocycles. The molecule has 0 radical (unpaired) electrons. The highest BCUT2D eigenvalue weighted by Gasteiger charge is 2.28. The van der Waals surface area contributed by atoms with Crippen molar-refractivity contribution in [3.8, 4) is 0 Å². The molecule has 0 spiro atoms. The van der Waals surface area contributed by atoms with E-state index in [0.29, 0.717) is 0 Å². The number of aliphatic hydroxyl groups is 4. The number of carbonyl (C=O) groups excluding carboxylic acids is 1. The van der Waals surface area contributed by atoms with Gasteiger partial charge in [-0.15, -0.1) is 0 Å². The first kappa shape index (κ1) is 12.9. The number of rotatable bonds is 2. The average molecular weight is 250 g/mol. The normalized spacial score (nSPS) is 24.4. The van der Waals surface area contributed by atoms with E-state index in [0.717, 1.165) is 12.2 Å². The Kier molecular flexibility index (Phi) is 3.08. The van der Waals surface area contributed by atoms with E-state index in [-0.39, 0.29) is 24.0 Å². The third-order valence-corrected chi connectivity index (χ3v) is 2.76. The first-order valence-electron chi connectivity index (χ1n) is 5.52. The third kappa shape index (κ3) is 2.83. The molecule has 0 bridgehead atoms. The molecule has 0 aromatic rings. The standard InChI is InChI=1S/C13H14O5/c14-11(9-3-1-5-12(15,16)7-9)10-4-2-6-13(17,18)8-10/h1-2,5-8,15-18H,3-4H2. The van der Waals surface area contributed by atoms with E-state index >= 15 is 0 Å². The predicted molar refractivity (Wildman–Crippen MR) is 63.0 cm³/mol. The minimum atomic E-state index is -2.12. The minimum absolute atomic E-state index is 0.222. The molecule has 0 fully saturated rings. The molecule has 2 rings (SSSR count). The maximum Gasteiger partial charge on any atom is 0.203 e. The SMILES string of the molecule is O=C(C1=CC(O)(O)C=CC1)C1=CC(O)(O)C=CC1. The maximum atomic E-state index is 12.1. The number of hydrogen-bond donors (Lipinski definition) is 4. The van der Waals surface area contributed by atoms with Gasteiger partial charge in [-0.05, 0) is 37.1 Å². The van der Waals surface area contributed by atoms with Crippen molar-refractivity contribution in [2.24, 2.45) is 0 Å². The quantitative estimate of drug-likeness (QED) is 0.398. The van der Waals surface area contributed by atoms with Gasteiger partial charge in [0.15, 0.2) is 5.78 Å². The van der Waals surface area contributed by atoms with E-state index in [1.54, 1.807) is 0 Å². The van der Waals surface area contributed by atoms with Gasteiger partial charge >= 0.3 is 0 Å². The summed E-state index contributed by atoms with van der Waals surface area (Å²) in [6, 6.07) is 0. The molecule has 0 saturated heterocycles. The molecule has 4 N–H and O–H groups in total. The molecule has 0 aliphatic heterocycles. The van der Waals surface area contributed by atoms with Crippen LogP contribution in [0.4, 0.5) is 0 Å². The highest BCUT2D eigenvalue weighted by atomic mass is 16.5. The summed E-state index contributed by atoms with van der Waals surface area (Å²) in [7, 11) is 0. The molecule has 96 valence electrons. The molecule has 0 aromatic heterocycles. The van der Waals surface area contributed by atoms with E-state index < -0.39 is 17.4 Å². The van der Waals surface area contributed by atoms with Crippen LogP contribution in [0.1, 0.15) is 12.8 Å². The van der Waals surface area contributed by atoms with E-state index in [1.807, 2.05) is 0 Å². The topological polar surface area (TPSA) is 98.0 Å². The zero-order valence-electron chi connectivity index (χ0n) is 9.58. The van der Waals surface area contributed by atoms with Crippen LogP contribution in [0.25, 0.3) is 0 Å². The zero-order chi connectivity index (χ0) is 13.4. The Morgan fingerprint density at radius 1 is 0.889 bits per heavy atom. The van der Waals surface area contributed by atoms with Crippen molar-refractivity contribution in [2.45, 2.75) is 24.4 Å². The number of allylic oxidation sites excluding steroid dienone is 4. The van der Waals surface area contributed by atoms with Gasteiger partial charge in [-0.2, -0.15) is 0 Å². The molecule has 0 aromatic carbocycles. The van der Waals surface area contributed by atoms with Crippen molar-refractivity contribution in [3.63, 3.8) is 0 Å². The fraction of sp³-hybridized carbons (Fsp3) is 0.308. The van der Waals surface area contributed by atoms with Crippen molar-refractivity contribution in [1.29, 1.82) is 0 Å². The van der Waals surface area contributed by atoms with Gasteiger partial charge in [-0.25, -0.2) is 0 Å². The Morgan fingerprint density at radius 2 is 1.28 bits per heavy atom. The van der Waals surface area contributed by atoms with Crippen LogP contribution in [-0.2, 0) is 4.79 Å². The molecule has 0 unspecified atom stereocenters. The Bertz CT molecular complexity index is 448. The van der Waals surface area contributed by atoms with Crippen molar-refractivity contribution in [1.82, 2.24) is 0 Å². The third-order valence-electron chi connectivity index (χ3n) is 2.76. The molecule has 0 saturated carbocycles. The molecular weight excluding hydrogens is 236 g/mol. The van der Waals surface area contributed by atoms with Gasteiger partial charge in [0.1, 0.15) is 0 Å². The van der Waals surface area contributed by atoms with E-state index in [1.165, 1.54) is 24.3 Å². The molecule has 5 nitrogen and oxygen atoms in total. The smallest absolute Gasteiger partial charge is 0.203 e. The van der Waals surface area contributed by atoms with Crippen LogP contribution in [-0.4, -0.2) is 37.8 Å². The first-order chi connectivity index (χ1) is 8.29. The van der Waals surface area contributed by atoms with Crippen LogP contribution in [0, 0.1) is 0 Å². The summed E-state index contributed by atoms with van der Waals surface area (Å²) in [4.78, 5) is 12.1. The number of hydrogen-bond acceptors (Lipinski definition) is 5. The van der Waals surface area contributed by atoms with Crippen LogP contribution >= 0.6 is 0 Å². The van der Waals surface area contributed by atoms with E-state index in [4.69, 9.17) is 0 Å². The second-order valence-electron chi connectivity index (χ2n) is 4.45. The van der Waals surface area contributed by atoms with Gasteiger partial charge in [0.05, 0.1) is 0 Å². The summed E-state index contributed by atoms with van der Waals surface area (Å²) in [5.74, 6) is -4.66. The Hall–Kier alpha value is -1.53. The van der Waals surface area contributed by atoms with Gasteiger partial charge < -0.3 is 20.4 Å². The Labute approximate surface area is 104 Å². The van der Waals surface area contributed by atoms with Crippen LogP contribution in [0.5, 0.6) is 0 Å². The first-order valence-corrected chi connectivity index (χ1v) is 5.52. The summed E-state index contributed by atoms with van der Waals surface area (Å²) in [6.45, 7) is 0. The molecule has 2 aliphatic carbocycles. The lowest BCUT2D eigenvalue weighted by atomic mass is 9.90. The van der Waals surface area contributed by atoms with Gasteiger partial charge in [-0.1, -0.05) is 12.2 Å². The summed E-state index contributed by atoms with van der Waals surface area (Å²) in [5, 5.41) is 37.6. The minimum Gasteiger partial charge on any atom is -0.359 e. The monoisotopic (exact) mass is 250 g/mol.